The largest absolute Gasteiger partial charge is 0.328 e. The Bertz CT molecular complexity index is 339. The molecule has 0 saturated carbocycles. The fourth-order valence-corrected chi connectivity index (χ4v) is 3.15. The predicted molar refractivity (Wildman–Crippen MR) is 79.1 cm³/mol. The molecule has 1 unspecified atom stereocenters. The third-order valence-electron chi connectivity index (χ3n) is 2.61. The molecule has 0 saturated heterocycles. The van der Waals surface area contributed by atoms with Crippen molar-refractivity contribution in [2.75, 3.05) is 5.75 Å². The van der Waals surface area contributed by atoms with Crippen LogP contribution in [-0.2, 0) is 6.42 Å². The van der Waals surface area contributed by atoms with E-state index in [0.717, 1.165) is 11.4 Å². The summed E-state index contributed by atoms with van der Waals surface area (Å²) < 4.78 is 0. The molecule has 0 aliphatic carbocycles. The molecule has 0 heterocycles. The lowest BCUT2D eigenvalue weighted by Gasteiger charge is -2.13. The summed E-state index contributed by atoms with van der Waals surface area (Å²) in [7, 11) is 0. The van der Waals surface area contributed by atoms with E-state index in [4.69, 9.17) is 17.3 Å². The van der Waals surface area contributed by atoms with Crippen LogP contribution in [0.25, 0.3) is 0 Å². The van der Waals surface area contributed by atoms with Gasteiger partial charge in [-0.2, -0.15) is 0 Å². The highest BCUT2D eigenvalue weighted by atomic mass is 35.5. The first kappa shape index (κ1) is 14.9. The topological polar surface area (TPSA) is 26.0 Å². The lowest BCUT2D eigenvalue weighted by Crippen LogP contribution is -2.18. The molecule has 0 spiro atoms. The Morgan fingerprint density at radius 1 is 1.35 bits per heavy atom. The lowest BCUT2D eigenvalue weighted by atomic mass is 10.1. The van der Waals surface area contributed by atoms with Gasteiger partial charge in [0.2, 0.25) is 0 Å². The smallest absolute Gasteiger partial charge is 0.0449 e. The summed E-state index contributed by atoms with van der Waals surface area (Å²) in [6, 6.07) is 6.29. The van der Waals surface area contributed by atoms with Gasteiger partial charge < -0.3 is 5.73 Å². The van der Waals surface area contributed by atoms with Crippen LogP contribution >= 0.6 is 23.4 Å². The van der Waals surface area contributed by atoms with Crippen molar-refractivity contribution in [1.29, 1.82) is 0 Å². The summed E-state index contributed by atoms with van der Waals surface area (Å²) in [5.74, 6) is 1.17. The molecule has 3 heteroatoms. The van der Waals surface area contributed by atoms with Crippen LogP contribution in [0.3, 0.4) is 0 Å². The van der Waals surface area contributed by atoms with Crippen LogP contribution in [0, 0.1) is 0 Å². The summed E-state index contributed by atoms with van der Waals surface area (Å²) in [5, 5.41) is 0.850. The highest BCUT2D eigenvalue weighted by molar-refractivity contribution is 7.99. The molecular formula is C14H22ClNS. The zero-order chi connectivity index (χ0) is 12.7. The van der Waals surface area contributed by atoms with Gasteiger partial charge in [-0.25, -0.2) is 0 Å². The first-order valence-corrected chi connectivity index (χ1v) is 7.67. The minimum Gasteiger partial charge on any atom is -0.328 e. The quantitative estimate of drug-likeness (QED) is 0.583. The zero-order valence-electron chi connectivity index (χ0n) is 10.7. The highest BCUT2D eigenvalue weighted by Crippen LogP contribution is 2.30. The van der Waals surface area contributed by atoms with Gasteiger partial charge in [0.25, 0.3) is 0 Å². The predicted octanol–water partition coefficient (Wildman–Crippen LogP) is 4.51. The van der Waals surface area contributed by atoms with Crippen molar-refractivity contribution in [2.24, 2.45) is 5.73 Å². The minimum atomic E-state index is 0.157. The molecule has 96 valence electrons. The second-order valence-corrected chi connectivity index (χ2v) is 6.00. The maximum Gasteiger partial charge on any atom is 0.0449 e. The Morgan fingerprint density at radius 2 is 2.12 bits per heavy atom. The molecule has 1 aromatic rings. The Labute approximate surface area is 114 Å². The SMILES string of the molecule is CCCCCSc1cccc(Cl)c1CC(C)N. The molecule has 0 aliphatic rings. The van der Waals surface area contributed by atoms with Crippen LogP contribution in [0.5, 0.6) is 0 Å². The number of nitrogens with two attached hydrogens (primary N) is 1. The molecule has 1 aromatic carbocycles. The van der Waals surface area contributed by atoms with Crippen LogP contribution in [0.1, 0.15) is 38.7 Å². The first-order chi connectivity index (χ1) is 8.15. The second-order valence-electron chi connectivity index (χ2n) is 4.45. The average Bonchev–Trinajstić information content (AvgIpc) is 2.28. The number of thioether (sulfide) groups is 1. The van der Waals surface area contributed by atoms with E-state index >= 15 is 0 Å². The fourth-order valence-electron chi connectivity index (χ4n) is 1.73. The number of hydrogen-bond acceptors (Lipinski definition) is 2. The molecule has 1 rings (SSSR count). The van der Waals surface area contributed by atoms with E-state index in [-0.39, 0.29) is 6.04 Å². The number of hydrogen-bond donors (Lipinski definition) is 1. The van der Waals surface area contributed by atoms with Crippen molar-refractivity contribution in [3.63, 3.8) is 0 Å². The summed E-state index contributed by atoms with van der Waals surface area (Å²) in [5.41, 5.74) is 7.08. The second kappa shape index (κ2) is 8.02. The van der Waals surface area contributed by atoms with Gasteiger partial charge in [-0.1, -0.05) is 37.4 Å². The van der Waals surface area contributed by atoms with Gasteiger partial charge in [0, 0.05) is 16.0 Å². The highest BCUT2D eigenvalue weighted by Gasteiger charge is 2.09. The van der Waals surface area contributed by atoms with Gasteiger partial charge in [0.1, 0.15) is 0 Å². The maximum atomic E-state index is 6.24. The lowest BCUT2D eigenvalue weighted by molar-refractivity contribution is 0.729. The van der Waals surface area contributed by atoms with E-state index in [2.05, 4.69) is 13.0 Å². The number of benzene rings is 1. The number of halogens is 1. The van der Waals surface area contributed by atoms with E-state index in [1.54, 1.807) is 0 Å². The maximum absolute atomic E-state index is 6.24. The van der Waals surface area contributed by atoms with Crippen molar-refractivity contribution in [1.82, 2.24) is 0 Å². The molecule has 1 nitrogen and oxygen atoms in total. The number of rotatable bonds is 7. The Morgan fingerprint density at radius 3 is 2.76 bits per heavy atom. The van der Waals surface area contributed by atoms with Crippen LogP contribution < -0.4 is 5.73 Å². The molecule has 0 fully saturated rings. The normalized spacial score (nSPS) is 12.7. The van der Waals surface area contributed by atoms with Crippen molar-refractivity contribution in [3.8, 4) is 0 Å². The van der Waals surface area contributed by atoms with Crippen LogP contribution in [-0.4, -0.2) is 11.8 Å². The van der Waals surface area contributed by atoms with Crippen LogP contribution in [0.15, 0.2) is 23.1 Å². The van der Waals surface area contributed by atoms with E-state index in [0.29, 0.717) is 0 Å². The molecular weight excluding hydrogens is 250 g/mol. The van der Waals surface area contributed by atoms with E-state index in [1.165, 1.54) is 35.5 Å². The summed E-state index contributed by atoms with van der Waals surface area (Å²) >= 11 is 8.15. The van der Waals surface area contributed by atoms with Crippen LogP contribution in [0.2, 0.25) is 5.02 Å². The number of unbranched alkanes of at least 4 members (excludes halogenated alkanes) is 2. The molecule has 0 amide bonds. The minimum absolute atomic E-state index is 0.157. The monoisotopic (exact) mass is 271 g/mol. The summed E-state index contributed by atoms with van der Waals surface area (Å²) in [6.07, 6.45) is 4.69. The fraction of sp³-hybridized carbons (Fsp3) is 0.571. The molecule has 0 aliphatic heterocycles. The van der Waals surface area contributed by atoms with Crippen molar-refractivity contribution in [2.45, 2.75) is 50.5 Å². The molecule has 0 bridgehead atoms. The van der Waals surface area contributed by atoms with Gasteiger partial charge in [0.05, 0.1) is 0 Å². The van der Waals surface area contributed by atoms with Gasteiger partial charge >= 0.3 is 0 Å². The molecule has 0 radical (unpaired) electrons. The van der Waals surface area contributed by atoms with Gasteiger partial charge in [0.15, 0.2) is 0 Å². The Hall–Kier alpha value is -0.180. The first-order valence-electron chi connectivity index (χ1n) is 6.31. The van der Waals surface area contributed by atoms with Gasteiger partial charge in [-0.05, 0) is 43.2 Å². The zero-order valence-corrected chi connectivity index (χ0v) is 12.3. The molecule has 17 heavy (non-hydrogen) atoms. The summed E-state index contributed by atoms with van der Waals surface area (Å²) in [4.78, 5) is 1.30. The van der Waals surface area contributed by atoms with Gasteiger partial charge in [-0.15, -0.1) is 11.8 Å². The van der Waals surface area contributed by atoms with Crippen molar-refractivity contribution >= 4 is 23.4 Å². The molecule has 2 N–H and O–H groups in total. The Balaban J connectivity index is 2.66. The van der Waals surface area contributed by atoms with Crippen molar-refractivity contribution in [3.05, 3.63) is 28.8 Å². The van der Waals surface area contributed by atoms with E-state index in [1.807, 2.05) is 30.8 Å². The van der Waals surface area contributed by atoms with Crippen LogP contribution in [0.4, 0.5) is 0 Å². The van der Waals surface area contributed by atoms with E-state index in [9.17, 15) is 0 Å². The Kier molecular flexibility index (Phi) is 7.02. The van der Waals surface area contributed by atoms with Crippen molar-refractivity contribution < 1.29 is 0 Å². The molecule has 1 atom stereocenters. The third-order valence-corrected chi connectivity index (χ3v) is 4.15. The van der Waals surface area contributed by atoms with E-state index < -0.39 is 0 Å². The summed E-state index contributed by atoms with van der Waals surface area (Å²) in [6.45, 7) is 4.25. The average molecular weight is 272 g/mol. The standard InChI is InChI=1S/C14H22ClNS/c1-3-4-5-9-17-14-8-6-7-13(15)12(14)10-11(2)16/h6-8,11H,3-5,9-10,16H2,1-2H3. The van der Waals surface area contributed by atoms with Gasteiger partial charge in [-0.3, -0.25) is 0 Å². The third kappa shape index (κ3) is 5.33. The molecule has 0 aromatic heterocycles.